The van der Waals surface area contributed by atoms with E-state index in [2.05, 4.69) is 36.9 Å². The SMILES string of the molecule is Cc1cccc(CN2C[C@@H]3CCC[C@@]3(C(=O)O)C2)c1C. The first-order valence-electron chi connectivity index (χ1n) is 7.54. The van der Waals surface area contributed by atoms with Crippen molar-refractivity contribution in [2.75, 3.05) is 13.1 Å². The van der Waals surface area contributed by atoms with Gasteiger partial charge in [0.15, 0.2) is 0 Å². The summed E-state index contributed by atoms with van der Waals surface area (Å²) in [5.74, 6) is -0.228. The van der Waals surface area contributed by atoms with Crippen molar-refractivity contribution < 1.29 is 9.90 Å². The molecular formula is C17H23NO2. The number of carboxylic acids is 1. The summed E-state index contributed by atoms with van der Waals surface area (Å²) in [6.45, 7) is 6.85. The van der Waals surface area contributed by atoms with E-state index >= 15 is 0 Å². The summed E-state index contributed by atoms with van der Waals surface area (Å²) in [6.07, 6.45) is 3.01. The van der Waals surface area contributed by atoms with Crippen LogP contribution < -0.4 is 0 Å². The van der Waals surface area contributed by atoms with Crippen molar-refractivity contribution in [3.63, 3.8) is 0 Å². The molecule has 1 aromatic rings. The second-order valence-corrected chi connectivity index (χ2v) is 6.58. The second-order valence-electron chi connectivity index (χ2n) is 6.58. The molecule has 0 radical (unpaired) electrons. The highest BCUT2D eigenvalue weighted by Crippen LogP contribution is 2.49. The Bertz CT molecular complexity index is 540. The van der Waals surface area contributed by atoms with Gasteiger partial charge in [-0.15, -0.1) is 0 Å². The van der Waals surface area contributed by atoms with Crippen molar-refractivity contribution in [2.45, 2.75) is 39.7 Å². The number of nitrogens with zero attached hydrogens (tertiary/aromatic N) is 1. The van der Waals surface area contributed by atoms with E-state index in [0.29, 0.717) is 5.92 Å². The smallest absolute Gasteiger partial charge is 0.311 e. The zero-order valence-corrected chi connectivity index (χ0v) is 12.4. The predicted molar refractivity (Wildman–Crippen MR) is 78.6 cm³/mol. The lowest BCUT2D eigenvalue weighted by Gasteiger charge is -2.24. The topological polar surface area (TPSA) is 40.5 Å². The van der Waals surface area contributed by atoms with Crippen molar-refractivity contribution in [3.8, 4) is 0 Å². The molecule has 1 heterocycles. The highest BCUT2D eigenvalue weighted by Gasteiger charge is 2.54. The molecule has 1 aromatic carbocycles. The summed E-state index contributed by atoms with van der Waals surface area (Å²) in [7, 11) is 0. The van der Waals surface area contributed by atoms with Crippen LogP contribution in [0.15, 0.2) is 18.2 Å². The van der Waals surface area contributed by atoms with Crippen molar-refractivity contribution in [1.82, 2.24) is 4.90 Å². The molecule has 0 spiro atoms. The summed E-state index contributed by atoms with van der Waals surface area (Å²) in [5.41, 5.74) is 3.53. The number of rotatable bonds is 3. The Labute approximate surface area is 120 Å². The van der Waals surface area contributed by atoms with Gasteiger partial charge >= 0.3 is 5.97 Å². The van der Waals surface area contributed by atoms with E-state index < -0.39 is 11.4 Å². The van der Waals surface area contributed by atoms with Crippen LogP contribution in [0.3, 0.4) is 0 Å². The lowest BCUT2D eigenvalue weighted by molar-refractivity contribution is -0.149. The zero-order valence-electron chi connectivity index (χ0n) is 12.4. The Hall–Kier alpha value is -1.35. The predicted octanol–water partition coefficient (Wildman–Crippen LogP) is 2.99. The third kappa shape index (κ3) is 2.05. The Morgan fingerprint density at radius 2 is 2.25 bits per heavy atom. The largest absolute Gasteiger partial charge is 0.481 e. The van der Waals surface area contributed by atoms with Crippen molar-refractivity contribution >= 4 is 5.97 Å². The Morgan fingerprint density at radius 1 is 1.45 bits per heavy atom. The van der Waals surface area contributed by atoms with Crippen LogP contribution in [0.4, 0.5) is 0 Å². The van der Waals surface area contributed by atoms with Gasteiger partial charge in [0.2, 0.25) is 0 Å². The van der Waals surface area contributed by atoms with E-state index in [0.717, 1.165) is 38.9 Å². The van der Waals surface area contributed by atoms with Crippen LogP contribution in [0.1, 0.15) is 36.0 Å². The molecule has 1 saturated carbocycles. The van der Waals surface area contributed by atoms with E-state index in [1.165, 1.54) is 16.7 Å². The van der Waals surface area contributed by atoms with Crippen LogP contribution in [-0.2, 0) is 11.3 Å². The van der Waals surface area contributed by atoms with Crippen molar-refractivity contribution in [2.24, 2.45) is 11.3 Å². The number of hydrogen-bond donors (Lipinski definition) is 1. The fraction of sp³-hybridized carbons (Fsp3) is 0.588. The molecule has 2 aliphatic rings. The van der Waals surface area contributed by atoms with Crippen molar-refractivity contribution in [1.29, 1.82) is 0 Å². The molecule has 2 fully saturated rings. The number of benzene rings is 1. The quantitative estimate of drug-likeness (QED) is 0.920. The van der Waals surface area contributed by atoms with Crippen LogP contribution in [0.25, 0.3) is 0 Å². The fourth-order valence-corrected chi connectivity index (χ4v) is 4.09. The maximum absolute atomic E-state index is 11.7. The number of aliphatic carboxylic acids is 1. The normalized spacial score (nSPS) is 29.6. The van der Waals surface area contributed by atoms with E-state index in [1.54, 1.807) is 0 Å². The third-order valence-electron chi connectivity index (χ3n) is 5.48. The van der Waals surface area contributed by atoms with Gasteiger partial charge in [0.05, 0.1) is 5.41 Å². The van der Waals surface area contributed by atoms with Crippen LogP contribution in [0, 0.1) is 25.2 Å². The van der Waals surface area contributed by atoms with Gasteiger partial charge in [0.25, 0.3) is 0 Å². The molecule has 0 amide bonds. The fourth-order valence-electron chi connectivity index (χ4n) is 4.09. The molecule has 2 atom stereocenters. The molecule has 0 unspecified atom stereocenters. The minimum Gasteiger partial charge on any atom is -0.481 e. The molecule has 0 bridgehead atoms. The Balaban J connectivity index is 1.78. The van der Waals surface area contributed by atoms with Crippen LogP contribution >= 0.6 is 0 Å². The number of likely N-dealkylation sites (tertiary alicyclic amines) is 1. The Kier molecular flexibility index (Phi) is 3.33. The third-order valence-corrected chi connectivity index (χ3v) is 5.48. The first-order valence-corrected chi connectivity index (χ1v) is 7.54. The van der Waals surface area contributed by atoms with Crippen LogP contribution in [-0.4, -0.2) is 29.1 Å². The molecular weight excluding hydrogens is 250 g/mol. The van der Waals surface area contributed by atoms with Gasteiger partial charge in [-0.1, -0.05) is 24.6 Å². The molecule has 3 nitrogen and oxygen atoms in total. The summed E-state index contributed by atoms with van der Waals surface area (Å²) < 4.78 is 0. The number of aryl methyl sites for hydroxylation is 1. The Morgan fingerprint density at radius 3 is 2.95 bits per heavy atom. The van der Waals surface area contributed by atoms with Gasteiger partial charge in [0.1, 0.15) is 0 Å². The lowest BCUT2D eigenvalue weighted by Crippen LogP contribution is -2.35. The molecule has 20 heavy (non-hydrogen) atoms. The summed E-state index contributed by atoms with van der Waals surface area (Å²) >= 11 is 0. The molecule has 1 N–H and O–H groups in total. The van der Waals surface area contributed by atoms with Gasteiger partial charge in [-0.25, -0.2) is 0 Å². The highest BCUT2D eigenvalue weighted by atomic mass is 16.4. The van der Waals surface area contributed by atoms with Crippen LogP contribution in [0.2, 0.25) is 0 Å². The standard InChI is InChI=1S/C17H23NO2/c1-12-5-3-6-14(13(12)2)9-18-10-15-7-4-8-17(15,11-18)16(19)20/h3,5-6,15H,4,7-11H2,1-2H3,(H,19,20)/t15-,17+/m0/s1. The molecule has 0 aromatic heterocycles. The van der Waals surface area contributed by atoms with Gasteiger partial charge in [-0.2, -0.15) is 0 Å². The zero-order chi connectivity index (χ0) is 14.3. The van der Waals surface area contributed by atoms with Gasteiger partial charge in [0, 0.05) is 19.6 Å². The molecule has 108 valence electrons. The van der Waals surface area contributed by atoms with Gasteiger partial charge < -0.3 is 5.11 Å². The number of hydrogen-bond acceptors (Lipinski definition) is 2. The van der Waals surface area contributed by atoms with E-state index in [-0.39, 0.29) is 0 Å². The van der Waals surface area contributed by atoms with E-state index in [9.17, 15) is 9.90 Å². The maximum atomic E-state index is 11.7. The molecule has 1 saturated heterocycles. The molecule has 1 aliphatic carbocycles. The monoisotopic (exact) mass is 273 g/mol. The summed E-state index contributed by atoms with van der Waals surface area (Å²) in [4.78, 5) is 14.0. The first kappa shape index (κ1) is 13.6. The second kappa shape index (κ2) is 4.88. The number of fused-ring (bicyclic) bond motifs is 1. The minimum absolute atomic E-state index is 0.352. The summed E-state index contributed by atoms with van der Waals surface area (Å²) in [6, 6.07) is 6.40. The maximum Gasteiger partial charge on any atom is 0.311 e. The number of carbonyl (C=O) groups is 1. The van der Waals surface area contributed by atoms with E-state index in [1.807, 2.05) is 0 Å². The summed E-state index contributed by atoms with van der Waals surface area (Å²) in [5, 5.41) is 9.63. The lowest BCUT2D eigenvalue weighted by atomic mass is 9.81. The highest BCUT2D eigenvalue weighted by molar-refractivity contribution is 5.76. The average molecular weight is 273 g/mol. The van der Waals surface area contributed by atoms with E-state index in [4.69, 9.17) is 0 Å². The van der Waals surface area contributed by atoms with Crippen LogP contribution in [0.5, 0.6) is 0 Å². The van der Waals surface area contributed by atoms with Crippen molar-refractivity contribution in [3.05, 3.63) is 34.9 Å². The first-order chi connectivity index (χ1) is 9.53. The van der Waals surface area contributed by atoms with Gasteiger partial charge in [-0.05, 0) is 49.3 Å². The molecule has 3 rings (SSSR count). The molecule has 3 heteroatoms. The van der Waals surface area contributed by atoms with Gasteiger partial charge in [-0.3, -0.25) is 9.69 Å². The average Bonchev–Trinajstić information content (AvgIpc) is 2.92. The number of carboxylic acid groups (broad SMARTS) is 1. The molecule has 1 aliphatic heterocycles. The minimum atomic E-state index is -0.580.